The summed E-state index contributed by atoms with van der Waals surface area (Å²) in [5.74, 6) is 0.357. The molecule has 15 heavy (non-hydrogen) atoms. The Bertz CT molecular complexity index is 486. The van der Waals surface area contributed by atoms with E-state index in [1.165, 1.54) is 18.9 Å². The molecule has 3 rings (SSSR count). The Morgan fingerprint density at radius 1 is 1.20 bits per heavy atom. The van der Waals surface area contributed by atoms with Crippen LogP contribution in [0.25, 0.3) is 5.69 Å². The molecule has 0 saturated heterocycles. The van der Waals surface area contributed by atoms with Crippen LogP contribution in [-0.4, -0.2) is 9.78 Å². The second-order valence-electron chi connectivity index (χ2n) is 3.89. The van der Waals surface area contributed by atoms with E-state index in [9.17, 15) is 4.39 Å². The van der Waals surface area contributed by atoms with E-state index in [4.69, 9.17) is 0 Å². The van der Waals surface area contributed by atoms with E-state index in [2.05, 4.69) is 5.10 Å². The zero-order valence-corrected chi connectivity index (χ0v) is 8.23. The Balaban J connectivity index is 2.12. The predicted octanol–water partition coefficient (Wildman–Crippen LogP) is 2.89. The van der Waals surface area contributed by atoms with Crippen molar-refractivity contribution >= 4 is 0 Å². The Labute approximate surface area is 87.4 Å². The topological polar surface area (TPSA) is 17.8 Å². The molecule has 2 nitrogen and oxygen atoms in total. The average molecular weight is 202 g/mol. The molecule has 0 radical (unpaired) electrons. The van der Waals surface area contributed by atoms with Crippen LogP contribution in [0.15, 0.2) is 36.5 Å². The summed E-state index contributed by atoms with van der Waals surface area (Å²) < 4.78 is 15.3. The molecule has 1 aromatic heterocycles. The van der Waals surface area contributed by atoms with Gasteiger partial charge < -0.3 is 0 Å². The third kappa shape index (κ3) is 1.44. The summed E-state index contributed by atoms with van der Waals surface area (Å²) in [7, 11) is 0. The largest absolute Gasteiger partial charge is 0.235 e. The average Bonchev–Trinajstić information content (AvgIpc) is 2.98. The van der Waals surface area contributed by atoms with E-state index in [1.807, 2.05) is 12.1 Å². The number of aromatic nitrogens is 2. The van der Waals surface area contributed by atoms with Gasteiger partial charge in [-0.05, 0) is 31.0 Å². The molecule has 0 unspecified atom stereocenters. The van der Waals surface area contributed by atoms with Crippen LogP contribution in [0.4, 0.5) is 4.39 Å². The molecule has 2 aromatic rings. The van der Waals surface area contributed by atoms with Gasteiger partial charge in [0.15, 0.2) is 0 Å². The van der Waals surface area contributed by atoms with Gasteiger partial charge in [-0.3, -0.25) is 0 Å². The zero-order valence-electron chi connectivity index (χ0n) is 8.23. The number of para-hydroxylation sites is 1. The molecule has 0 N–H and O–H groups in total. The lowest BCUT2D eigenvalue weighted by atomic mass is 10.2. The molecule has 1 aliphatic carbocycles. The summed E-state index contributed by atoms with van der Waals surface area (Å²) in [4.78, 5) is 0. The van der Waals surface area contributed by atoms with E-state index in [0.717, 1.165) is 5.69 Å². The number of hydrogen-bond donors (Lipinski definition) is 0. The minimum Gasteiger partial charge on any atom is -0.235 e. The maximum atomic E-state index is 13.6. The highest BCUT2D eigenvalue weighted by Crippen LogP contribution is 2.40. The lowest BCUT2D eigenvalue weighted by Crippen LogP contribution is -2.03. The molecule has 1 aliphatic rings. The van der Waals surface area contributed by atoms with E-state index < -0.39 is 0 Å². The molecule has 1 aromatic carbocycles. The van der Waals surface area contributed by atoms with Crippen LogP contribution in [0.2, 0.25) is 0 Å². The van der Waals surface area contributed by atoms with Crippen molar-refractivity contribution in [2.45, 2.75) is 18.8 Å². The highest BCUT2D eigenvalue weighted by molar-refractivity contribution is 5.35. The van der Waals surface area contributed by atoms with Crippen molar-refractivity contribution in [2.75, 3.05) is 0 Å². The van der Waals surface area contributed by atoms with Crippen molar-refractivity contribution in [3.05, 3.63) is 48.0 Å². The van der Waals surface area contributed by atoms with E-state index >= 15 is 0 Å². The molecule has 76 valence electrons. The molecule has 3 heteroatoms. The van der Waals surface area contributed by atoms with Crippen molar-refractivity contribution in [3.63, 3.8) is 0 Å². The Morgan fingerprint density at radius 3 is 2.73 bits per heavy atom. The quantitative estimate of drug-likeness (QED) is 0.732. The number of nitrogens with zero attached hydrogens (tertiary/aromatic N) is 2. The lowest BCUT2D eigenvalue weighted by Gasteiger charge is -2.06. The Hall–Kier alpha value is -1.64. The van der Waals surface area contributed by atoms with Crippen LogP contribution in [0, 0.1) is 5.82 Å². The summed E-state index contributed by atoms with van der Waals surface area (Å²) in [6.07, 6.45) is 4.13. The van der Waals surface area contributed by atoms with Gasteiger partial charge in [0.2, 0.25) is 0 Å². The first kappa shape index (κ1) is 8.65. The predicted molar refractivity (Wildman–Crippen MR) is 55.5 cm³/mol. The van der Waals surface area contributed by atoms with Crippen LogP contribution in [0.5, 0.6) is 0 Å². The number of rotatable bonds is 2. The monoisotopic (exact) mass is 202 g/mol. The zero-order chi connectivity index (χ0) is 10.3. The van der Waals surface area contributed by atoms with Crippen molar-refractivity contribution in [1.82, 2.24) is 9.78 Å². The Morgan fingerprint density at radius 2 is 2.00 bits per heavy atom. The second kappa shape index (κ2) is 3.19. The van der Waals surface area contributed by atoms with Crippen molar-refractivity contribution in [3.8, 4) is 5.69 Å². The summed E-state index contributed by atoms with van der Waals surface area (Å²) in [5.41, 5.74) is 1.67. The molecule has 0 aliphatic heterocycles. The van der Waals surface area contributed by atoms with Crippen molar-refractivity contribution < 1.29 is 4.39 Å². The van der Waals surface area contributed by atoms with Gasteiger partial charge >= 0.3 is 0 Å². The van der Waals surface area contributed by atoms with Gasteiger partial charge in [0, 0.05) is 17.8 Å². The highest BCUT2D eigenvalue weighted by atomic mass is 19.1. The molecular weight excluding hydrogens is 191 g/mol. The molecular formula is C12H11FN2. The standard InChI is InChI=1S/C12H11FN2/c13-10-3-1-2-4-12(10)15-11(7-8-14-15)9-5-6-9/h1-4,7-9H,5-6H2. The van der Waals surface area contributed by atoms with Crippen LogP contribution in [0.3, 0.4) is 0 Å². The third-order valence-corrected chi connectivity index (χ3v) is 2.75. The number of halogens is 1. The third-order valence-electron chi connectivity index (χ3n) is 2.75. The fourth-order valence-electron chi connectivity index (χ4n) is 1.83. The van der Waals surface area contributed by atoms with Crippen molar-refractivity contribution in [1.29, 1.82) is 0 Å². The maximum Gasteiger partial charge on any atom is 0.148 e. The van der Waals surface area contributed by atoms with Gasteiger partial charge in [-0.15, -0.1) is 0 Å². The summed E-state index contributed by atoms with van der Waals surface area (Å²) in [6.45, 7) is 0. The van der Waals surface area contributed by atoms with Crippen molar-refractivity contribution in [2.24, 2.45) is 0 Å². The van der Waals surface area contributed by atoms with Crippen LogP contribution >= 0.6 is 0 Å². The molecule has 0 spiro atoms. The minimum atomic E-state index is -0.219. The van der Waals surface area contributed by atoms with Crippen LogP contribution in [-0.2, 0) is 0 Å². The molecule has 1 heterocycles. The minimum absolute atomic E-state index is 0.219. The molecule has 0 bridgehead atoms. The van der Waals surface area contributed by atoms with E-state index in [0.29, 0.717) is 11.6 Å². The van der Waals surface area contributed by atoms with Gasteiger partial charge in [0.25, 0.3) is 0 Å². The van der Waals surface area contributed by atoms with E-state index in [-0.39, 0.29) is 5.82 Å². The fraction of sp³-hybridized carbons (Fsp3) is 0.250. The van der Waals surface area contributed by atoms with Crippen LogP contribution in [0.1, 0.15) is 24.5 Å². The smallest absolute Gasteiger partial charge is 0.148 e. The van der Waals surface area contributed by atoms with Crippen LogP contribution < -0.4 is 0 Å². The SMILES string of the molecule is Fc1ccccc1-n1nccc1C1CC1. The van der Waals surface area contributed by atoms with Gasteiger partial charge in [0.1, 0.15) is 11.5 Å². The highest BCUT2D eigenvalue weighted by Gasteiger charge is 2.27. The second-order valence-corrected chi connectivity index (χ2v) is 3.89. The fourth-order valence-corrected chi connectivity index (χ4v) is 1.83. The normalized spacial score (nSPS) is 15.5. The Kier molecular flexibility index (Phi) is 1.84. The van der Waals surface area contributed by atoms with Gasteiger partial charge in [-0.1, -0.05) is 12.1 Å². The number of hydrogen-bond acceptors (Lipinski definition) is 1. The first-order chi connectivity index (χ1) is 7.36. The first-order valence-electron chi connectivity index (χ1n) is 5.15. The molecule has 1 fully saturated rings. The van der Waals surface area contributed by atoms with E-state index in [1.54, 1.807) is 23.0 Å². The maximum absolute atomic E-state index is 13.6. The summed E-state index contributed by atoms with van der Waals surface area (Å²) >= 11 is 0. The molecule has 0 atom stereocenters. The van der Waals surface area contributed by atoms with Gasteiger partial charge in [0.05, 0.1) is 0 Å². The summed E-state index contributed by atoms with van der Waals surface area (Å²) in [5, 5.41) is 4.19. The first-order valence-corrected chi connectivity index (χ1v) is 5.15. The molecule has 1 saturated carbocycles. The summed E-state index contributed by atoms with van der Waals surface area (Å²) in [6, 6.07) is 8.72. The number of benzene rings is 1. The lowest BCUT2D eigenvalue weighted by molar-refractivity contribution is 0.606. The van der Waals surface area contributed by atoms with Gasteiger partial charge in [-0.25, -0.2) is 9.07 Å². The molecule has 0 amide bonds. The van der Waals surface area contributed by atoms with Gasteiger partial charge in [-0.2, -0.15) is 5.10 Å².